The number of benzene rings is 1. The van der Waals surface area contributed by atoms with Gasteiger partial charge in [-0.25, -0.2) is 0 Å². The lowest BCUT2D eigenvalue weighted by molar-refractivity contribution is -0.138. The van der Waals surface area contributed by atoms with Crippen molar-refractivity contribution >= 4 is 5.78 Å². The third-order valence-electron chi connectivity index (χ3n) is 4.77. The number of fused-ring (bicyclic) bond motifs is 3. The molecule has 0 radical (unpaired) electrons. The minimum Gasteiger partial charge on any atom is -0.504 e. The predicted octanol–water partition coefficient (Wildman–Crippen LogP) is 1.49. The first-order valence-electron chi connectivity index (χ1n) is 7.42. The predicted molar refractivity (Wildman–Crippen MR) is 77.3 cm³/mol. The lowest BCUT2D eigenvalue weighted by Crippen LogP contribution is -2.54. The second kappa shape index (κ2) is 5.66. The molecule has 5 nitrogen and oxygen atoms in total. The summed E-state index contributed by atoms with van der Waals surface area (Å²) in [5.74, 6) is 0.794. The van der Waals surface area contributed by atoms with Gasteiger partial charge in [0.2, 0.25) is 0 Å². The van der Waals surface area contributed by atoms with Crippen LogP contribution in [0.3, 0.4) is 0 Å². The summed E-state index contributed by atoms with van der Waals surface area (Å²) in [6.07, 6.45) is 2.49. The van der Waals surface area contributed by atoms with Crippen LogP contribution in [-0.2, 0) is 4.79 Å². The van der Waals surface area contributed by atoms with Crippen LogP contribution in [0.15, 0.2) is 18.2 Å². The van der Waals surface area contributed by atoms with Crippen molar-refractivity contribution in [3.05, 3.63) is 23.8 Å². The maximum atomic E-state index is 12.2. The first kappa shape index (κ1) is 14.4. The molecule has 114 valence electrons. The summed E-state index contributed by atoms with van der Waals surface area (Å²) in [5, 5.41) is 19.3. The van der Waals surface area contributed by atoms with E-state index in [1.807, 2.05) is 6.07 Å². The molecule has 4 rings (SSSR count). The number of hydrogen-bond donors (Lipinski definition) is 2. The molecule has 1 aliphatic carbocycles. The number of aliphatic hydroxyl groups is 1. The molecule has 2 N–H and O–H groups in total. The van der Waals surface area contributed by atoms with E-state index in [2.05, 4.69) is 4.90 Å². The summed E-state index contributed by atoms with van der Waals surface area (Å²) in [5.41, 5.74) is 0.921. The van der Waals surface area contributed by atoms with E-state index in [4.69, 9.17) is 4.74 Å². The smallest absolute Gasteiger partial charge is 0.160 e. The number of rotatable bonds is 4. The number of Topliss-reactive ketones (excluding diaryl/α,β-unsaturated/α-hetero) is 1. The topological polar surface area (TPSA) is 70.0 Å². The zero-order valence-electron chi connectivity index (χ0n) is 12.2. The molecular weight excluding hydrogens is 270 g/mol. The normalized spacial score (nSPS) is 28.9. The third kappa shape index (κ3) is 2.40. The minimum atomic E-state index is -0.0473. The number of nitrogens with zero attached hydrogens (tertiary/aromatic N) is 1. The van der Waals surface area contributed by atoms with Crippen molar-refractivity contribution in [3.8, 4) is 11.5 Å². The highest BCUT2D eigenvalue weighted by molar-refractivity contribution is 5.84. The molecule has 2 heterocycles. The quantitative estimate of drug-likeness (QED) is 0.879. The number of piperidine rings is 2. The van der Waals surface area contributed by atoms with Crippen LogP contribution in [0.25, 0.3) is 0 Å². The van der Waals surface area contributed by atoms with Crippen LogP contribution >= 0.6 is 0 Å². The van der Waals surface area contributed by atoms with Crippen molar-refractivity contribution in [1.82, 2.24) is 4.90 Å². The van der Waals surface area contributed by atoms with Crippen molar-refractivity contribution in [2.45, 2.75) is 31.3 Å². The molecule has 2 saturated heterocycles. The van der Waals surface area contributed by atoms with Gasteiger partial charge < -0.3 is 14.9 Å². The van der Waals surface area contributed by atoms with Crippen molar-refractivity contribution < 1.29 is 19.7 Å². The number of hydrogen-bond acceptors (Lipinski definition) is 5. The van der Waals surface area contributed by atoms with Gasteiger partial charge in [-0.2, -0.15) is 0 Å². The molecule has 3 unspecified atom stereocenters. The van der Waals surface area contributed by atoms with Gasteiger partial charge in [0, 0.05) is 31.0 Å². The van der Waals surface area contributed by atoms with E-state index in [9.17, 15) is 15.0 Å². The van der Waals surface area contributed by atoms with E-state index in [1.54, 1.807) is 12.1 Å². The van der Waals surface area contributed by atoms with Gasteiger partial charge >= 0.3 is 0 Å². The second-order valence-electron chi connectivity index (χ2n) is 5.85. The van der Waals surface area contributed by atoms with Crippen molar-refractivity contribution in [2.75, 3.05) is 20.3 Å². The highest BCUT2D eigenvalue weighted by Gasteiger charge is 2.46. The van der Waals surface area contributed by atoms with E-state index in [0.717, 1.165) is 18.4 Å². The largest absolute Gasteiger partial charge is 0.504 e. The van der Waals surface area contributed by atoms with Gasteiger partial charge in [-0.3, -0.25) is 9.69 Å². The average molecular weight is 291 g/mol. The lowest BCUT2D eigenvalue weighted by atomic mass is 9.71. The molecule has 1 saturated carbocycles. The number of aliphatic hydroxyl groups excluding tert-OH is 1. The minimum absolute atomic E-state index is 0.0330. The Morgan fingerprint density at radius 3 is 2.81 bits per heavy atom. The summed E-state index contributed by atoms with van der Waals surface area (Å²) in [6.45, 7) is 0.641. The van der Waals surface area contributed by atoms with E-state index in [1.165, 1.54) is 7.11 Å². The Kier molecular flexibility index (Phi) is 3.87. The number of phenols is 1. The summed E-state index contributed by atoms with van der Waals surface area (Å²) >= 11 is 0. The van der Waals surface area contributed by atoms with E-state index < -0.39 is 0 Å². The number of aromatic hydroxyl groups is 1. The van der Waals surface area contributed by atoms with E-state index in [0.29, 0.717) is 24.5 Å². The number of phenolic OH excluding ortho intramolecular Hbond substituents is 1. The van der Waals surface area contributed by atoms with Crippen LogP contribution in [0.1, 0.15) is 30.9 Å². The van der Waals surface area contributed by atoms with Gasteiger partial charge in [0.05, 0.1) is 13.7 Å². The van der Waals surface area contributed by atoms with Crippen LogP contribution in [0.2, 0.25) is 0 Å². The van der Waals surface area contributed by atoms with Crippen molar-refractivity contribution in [3.63, 3.8) is 0 Å². The molecule has 1 aromatic rings. The fourth-order valence-electron chi connectivity index (χ4n) is 3.85. The molecule has 2 aliphatic heterocycles. The van der Waals surface area contributed by atoms with Gasteiger partial charge in [0.1, 0.15) is 5.78 Å². The molecule has 0 amide bonds. The molecule has 21 heavy (non-hydrogen) atoms. The number of carbonyl (C=O) groups excluding carboxylic acids is 1. The number of ketones is 1. The number of carbonyl (C=O) groups is 1. The molecule has 0 spiro atoms. The molecule has 3 fully saturated rings. The Morgan fingerprint density at radius 2 is 2.19 bits per heavy atom. The van der Waals surface area contributed by atoms with Crippen molar-refractivity contribution in [2.24, 2.45) is 5.92 Å². The number of methoxy groups -OCH3 is 1. The monoisotopic (exact) mass is 291 g/mol. The van der Waals surface area contributed by atoms with Crippen LogP contribution in [0.5, 0.6) is 11.5 Å². The fraction of sp³-hybridized carbons (Fsp3) is 0.562. The molecule has 3 atom stereocenters. The second-order valence-corrected chi connectivity index (χ2v) is 5.85. The standard InChI is InChI=1S/C16H21NO4/c1-21-15-5-2-10(8-14(15)20)16-12-4-3-11(9-13(12)19)17(16)6-7-18/h2,5,8,11-12,16,18,20H,3-4,6-7,9H2,1H3. The molecule has 5 heteroatoms. The molecule has 0 aromatic heterocycles. The molecule has 1 aromatic carbocycles. The third-order valence-corrected chi connectivity index (χ3v) is 4.77. The first-order valence-corrected chi connectivity index (χ1v) is 7.42. The van der Waals surface area contributed by atoms with Crippen LogP contribution in [-0.4, -0.2) is 47.2 Å². The number of ether oxygens (including phenoxy) is 1. The Morgan fingerprint density at radius 1 is 1.38 bits per heavy atom. The SMILES string of the molecule is COc1ccc(C2C3CCC(CC3=O)N2CCO)cc1O. The zero-order chi connectivity index (χ0) is 15.0. The summed E-state index contributed by atoms with van der Waals surface area (Å²) in [7, 11) is 1.51. The van der Waals surface area contributed by atoms with Gasteiger partial charge in [-0.15, -0.1) is 0 Å². The Bertz CT molecular complexity index is 545. The van der Waals surface area contributed by atoms with Gasteiger partial charge in [0.25, 0.3) is 0 Å². The highest BCUT2D eigenvalue weighted by atomic mass is 16.5. The lowest BCUT2D eigenvalue weighted by Gasteiger charge is -2.50. The van der Waals surface area contributed by atoms with Crippen LogP contribution in [0, 0.1) is 5.92 Å². The summed E-state index contributed by atoms with van der Waals surface area (Å²) in [6, 6.07) is 5.48. The maximum absolute atomic E-state index is 12.2. The maximum Gasteiger partial charge on any atom is 0.160 e. The van der Waals surface area contributed by atoms with Crippen LogP contribution < -0.4 is 4.74 Å². The highest BCUT2D eigenvalue weighted by Crippen LogP contribution is 2.46. The summed E-state index contributed by atoms with van der Waals surface area (Å²) in [4.78, 5) is 14.4. The van der Waals surface area contributed by atoms with Crippen molar-refractivity contribution in [1.29, 1.82) is 0 Å². The Hall–Kier alpha value is -1.59. The Balaban J connectivity index is 1.97. The average Bonchev–Trinajstić information content (AvgIpc) is 2.48. The Labute approximate surface area is 124 Å². The first-order chi connectivity index (χ1) is 10.2. The van der Waals surface area contributed by atoms with Gasteiger partial charge in [0.15, 0.2) is 11.5 Å². The van der Waals surface area contributed by atoms with Crippen LogP contribution in [0.4, 0.5) is 0 Å². The van der Waals surface area contributed by atoms with Gasteiger partial charge in [-0.05, 0) is 30.5 Å². The van der Waals surface area contributed by atoms with E-state index >= 15 is 0 Å². The van der Waals surface area contributed by atoms with Gasteiger partial charge in [-0.1, -0.05) is 6.07 Å². The fourth-order valence-corrected chi connectivity index (χ4v) is 3.85. The molecule has 2 bridgehead atoms. The van der Waals surface area contributed by atoms with E-state index in [-0.39, 0.29) is 30.4 Å². The summed E-state index contributed by atoms with van der Waals surface area (Å²) < 4.78 is 5.07. The molecular formula is C16H21NO4. The zero-order valence-corrected chi connectivity index (χ0v) is 12.2. The molecule has 3 aliphatic rings.